The van der Waals surface area contributed by atoms with Crippen LogP contribution in [-0.4, -0.2) is 42.2 Å². The normalized spacial score (nSPS) is 18.4. The maximum absolute atomic E-state index is 11.2. The smallest absolute Gasteiger partial charge is 0.302 e. The maximum Gasteiger partial charge on any atom is 0.302 e. The van der Waals surface area contributed by atoms with Crippen molar-refractivity contribution >= 4 is 14.0 Å². The number of ether oxygens (including phenoxy) is 1. The summed E-state index contributed by atoms with van der Waals surface area (Å²) in [6.07, 6.45) is -1.94. The number of esters is 1. The lowest BCUT2D eigenvalue weighted by molar-refractivity contribution is -0.150. The average molecular weight is 262 g/mol. The van der Waals surface area contributed by atoms with E-state index in [1.807, 2.05) is 0 Å². The molecule has 102 valence electrons. The Kier molecular flexibility index (Phi) is 5.37. The molecule has 0 heterocycles. The summed E-state index contributed by atoms with van der Waals surface area (Å²) in [4.78, 5) is 11.2. The quantitative estimate of drug-likeness (QED) is 0.598. The Balaban J connectivity index is 5.24. The molecule has 0 unspecified atom stereocenters. The molecule has 0 aliphatic carbocycles. The largest absolute Gasteiger partial charge is 0.464 e. The topological polar surface area (TPSA) is 66.8 Å². The van der Waals surface area contributed by atoms with E-state index in [9.17, 15) is 15.0 Å². The highest BCUT2D eigenvalue weighted by Gasteiger charge is 2.48. The molecule has 0 saturated heterocycles. The van der Waals surface area contributed by atoms with Crippen molar-refractivity contribution in [2.24, 2.45) is 0 Å². The van der Waals surface area contributed by atoms with Gasteiger partial charge in [-0.2, -0.15) is 0 Å². The van der Waals surface area contributed by atoms with Gasteiger partial charge in [0.05, 0.1) is 6.10 Å². The zero-order valence-electron chi connectivity index (χ0n) is 11.9. The Morgan fingerprint density at radius 2 is 1.65 bits per heavy atom. The molecule has 3 atom stereocenters. The number of aliphatic hydroxyl groups excluding tert-OH is 2. The third-order valence-corrected chi connectivity index (χ3v) is 9.49. The highest BCUT2D eigenvalue weighted by Crippen LogP contribution is 2.40. The van der Waals surface area contributed by atoms with Crippen molar-refractivity contribution in [3.05, 3.63) is 0 Å². The zero-order chi connectivity index (χ0) is 14.0. The van der Waals surface area contributed by atoms with Crippen LogP contribution in [0, 0.1) is 0 Å². The van der Waals surface area contributed by atoms with Gasteiger partial charge in [0.25, 0.3) is 0 Å². The van der Waals surface area contributed by atoms with Gasteiger partial charge in [-0.1, -0.05) is 33.9 Å². The second kappa shape index (κ2) is 5.50. The number of aliphatic hydroxyl groups is 2. The lowest BCUT2D eigenvalue weighted by Crippen LogP contribution is -2.59. The van der Waals surface area contributed by atoms with E-state index >= 15 is 0 Å². The summed E-state index contributed by atoms with van der Waals surface area (Å²) in [5, 5.41) is 19.5. The molecule has 0 aromatic carbocycles. The molecule has 0 aliphatic heterocycles. The van der Waals surface area contributed by atoms with Crippen LogP contribution >= 0.6 is 0 Å². The summed E-state index contributed by atoms with van der Waals surface area (Å²) in [7, 11) is -2.08. The first kappa shape index (κ1) is 16.6. The van der Waals surface area contributed by atoms with Gasteiger partial charge in [0.2, 0.25) is 0 Å². The van der Waals surface area contributed by atoms with Crippen LogP contribution in [0.5, 0.6) is 0 Å². The number of carbonyl (C=O) groups excluding carboxylic acids is 1. The summed E-state index contributed by atoms with van der Waals surface area (Å²) in [5.74, 6) is -0.417. The maximum atomic E-state index is 11.2. The van der Waals surface area contributed by atoms with Gasteiger partial charge in [-0.25, -0.2) is 0 Å². The fourth-order valence-corrected chi connectivity index (χ4v) is 3.95. The Morgan fingerprint density at radius 1 is 1.24 bits per heavy atom. The minimum absolute atomic E-state index is 0.0387. The third-order valence-electron chi connectivity index (χ3n) is 3.74. The Hall–Kier alpha value is -0.393. The summed E-state index contributed by atoms with van der Waals surface area (Å²) in [5.41, 5.74) is -0.597. The van der Waals surface area contributed by atoms with Gasteiger partial charge in [-0.3, -0.25) is 4.79 Å². The molecule has 4 nitrogen and oxygen atoms in total. The lowest BCUT2D eigenvalue weighted by atomic mass is 10.2. The van der Waals surface area contributed by atoms with Gasteiger partial charge in [0.15, 0.2) is 0 Å². The van der Waals surface area contributed by atoms with E-state index in [0.717, 1.165) is 0 Å². The molecular weight excluding hydrogens is 236 g/mol. The van der Waals surface area contributed by atoms with E-state index in [0.29, 0.717) is 0 Å². The molecule has 0 aromatic heterocycles. The van der Waals surface area contributed by atoms with Crippen molar-refractivity contribution in [2.75, 3.05) is 0 Å². The number of rotatable bonds is 4. The fraction of sp³-hybridized carbons (Fsp3) is 0.917. The van der Waals surface area contributed by atoms with Gasteiger partial charge in [-0.15, -0.1) is 0 Å². The Labute approximate surface area is 105 Å². The summed E-state index contributed by atoms with van der Waals surface area (Å²) in [6, 6.07) is 0. The summed E-state index contributed by atoms with van der Waals surface area (Å²) in [6.45, 7) is 13.2. The standard InChI is InChI=1S/C12H26O4Si/c1-8(13)10(15)11(16-9(2)14)17(6,7)12(3,4)5/h8,10-11,13,15H,1-7H3/t8-,10-,11+/m0/s1. The zero-order valence-corrected chi connectivity index (χ0v) is 12.9. The first-order chi connectivity index (χ1) is 7.41. The monoisotopic (exact) mass is 262 g/mol. The van der Waals surface area contributed by atoms with Crippen molar-refractivity contribution in [3.63, 3.8) is 0 Å². The molecule has 0 aromatic rings. The van der Waals surface area contributed by atoms with Crippen molar-refractivity contribution in [1.82, 2.24) is 0 Å². The number of hydrogen-bond donors (Lipinski definition) is 2. The predicted molar refractivity (Wildman–Crippen MR) is 70.4 cm³/mol. The SMILES string of the molecule is CC(=O)O[C@@H]([C@@H](O)[C@H](C)O)[Si](C)(C)C(C)(C)C. The molecule has 0 fully saturated rings. The van der Waals surface area contributed by atoms with Gasteiger partial charge >= 0.3 is 5.97 Å². The van der Waals surface area contributed by atoms with Crippen molar-refractivity contribution < 1.29 is 19.7 Å². The molecule has 0 bridgehead atoms. The van der Waals surface area contributed by atoms with Crippen LogP contribution < -0.4 is 0 Å². The van der Waals surface area contributed by atoms with Gasteiger partial charge in [0.1, 0.15) is 19.9 Å². The van der Waals surface area contributed by atoms with Crippen LogP contribution in [0.3, 0.4) is 0 Å². The molecule has 0 aliphatic rings. The van der Waals surface area contributed by atoms with E-state index in [4.69, 9.17) is 4.74 Å². The van der Waals surface area contributed by atoms with E-state index in [2.05, 4.69) is 33.9 Å². The lowest BCUT2D eigenvalue weighted by Gasteiger charge is -2.44. The molecule has 5 heteroatoms. The van der Waals surface area contributed by atoms with E-state index in [1.165, 1.54) is 13.8 Å². The Morgan fingerprint density at radius 3 is 1.88 bits per heavy atom. The molecule has 2 N–H and O–H groups in total. The third kappa shape index (κ3) is 4.08. The molecule has 0 spiro atoms. The van der Waals surface area contributed by atoms with Crippen LogP contribution in [0.1, 0.15) is 34.6 Å². The van der Waals surface area contributed by atoms with E-state index in [-0.39, 0.29) is 5.04 Å². The number of carbonyl (C=O) groups is 1. The van der Waals surface area contributed by atoms with Gasteiger partial charge in [-0.05, 0) is 12.0 Å². The molecule has 0 radical (unpaired) electrons. The van der Waals surface area contributed by atoms with Crippen LogP contribution in [0.4, 0.5) is 0 Å². The number of hydrogen-bond acceptors (Lipinski definition) is 4. The second-order valence-corrected chi connectivity index (χ2v) is 11.7. The van der Waals surface area contributed by atoms with Crippen LogP contribution in [0.15, 0.2) is 0 Å². The molecule has 0 saturated carbocycles. The van der Waals surface area contributed by atoms with Crippen LogP contribution in [-0.2, 0) is 9.53 Å². The average Bonchev–Trinajstić information content (AvgIpc) is 2.10. The van der Waals surface area contributed by atoms with Crippen LogP contribution in [0.2, 0.25) is 18.1 Å². The summed E-state index contributed by atoms with van der Waals surface area (Å²) >= 11 is 0. The summed E-state index contributed by atoms with van der Waals surface area (Å²) < 4.78 is 5.28. The molecule has 0 amide bonds. The van der Waals surface area contributed by atoms with E-state index in [1.54, 1.807) is 0 Å². The Bertz CT molecular complexity index is 268. The highest BCUT2D eigenvalue weighted by atomic mass is 28.3. The van der Waals surface area contributed by atoms with Crippen molar-refractivity contribution in [1.29, 1.82) is 0 Å². The van der Waals surface area contributed by atoms with E-state index < -0.39 is 32.0 Å². The van der Waals surface area contributed by atoms with Crippen molar-refractivity contribution in [3.8, 4) is 0 Å². The highest BCUT2D eigenvalue weighted by molar-refractivity contribution is 6.81. The second-order valence-electron chi connectivity index (χ2n) is 6.23. The first-order valence-corrected chi connectivity index (χ1v) is 9.02. The van der Waals surface area contributed by atoms with Crippen molar-refractivity contribution in [2.45, 2.75) is 70.7 Å². The molecule has 17 heavy (non-hydrogen) atoms. The fourth-order valence-electron chi connectivity index (χ4n) is 1.50. The van der Waals surface area contributed by atoms with Gasteiger partial charge < -0.3 is 14.9 Å². The minimum atomic E-state index is -2.08. The first-order valence-electron chi connectivity index (χ1n) is 5.94. The molecule has 0 rings (SSSR count). The van der Waals surface area contributed by atoms with Gasteiger partial charge in [0, 0.05) is 6.92 Å². The van der Waals surface area contributed by atoms with Crippen LogP contribution in [0.25, 0.3) is 0 Å². The molecular formula is C12H26O4Si. The minimum Gasteiger partial charge on any atom is -0.464 e. The predicted octanol–water partition coefficient (Wildman–Crippen LogP) is 1.71.